The quantitative estimate of drug-likeness (QED) is 0.110. The number of rotatable bonds is 12. The summed E-state index contributed by atoms with van der Waals surface area (Å²) >= 11 is 1.32. The molecule has 0 saturated carbocycles. The highest BCUT2D eigenvalue weighted by Gasteiger charge is 2.65. The van der Waals surface area contributed by atoms with Gasteiger partial charge < -0.3 is 19.1 Å². The average Bonchev–Trinajstić information content (AvgIpc) is 3.02. The minimum atomic E-state index is -1.37. The molecular weight excluding hydrogens is 546 g/mol. The van der Waals surface area contributed by atoms with Crippen molar-refractivity contribution in [3.8, 4) is 11.5 Å². The van der Waals surface area contributed by atoms with Gasteiger partial charge in [-0.05, 0) is 72.4 Å². The third-order valence-corrected chi connectivity index (χ3v) is 8.88. The summed E-state index contributed by atoms with van der Waals surface area (Å²) in [6.07, 6.45) is 1.79. The maximum Gasteiger partial charge on any atom is 0.304 e. The molecule has 0 aliphatic carbocycles. The first-order valence-electron chi connectivity index (χ1n) is 14.0. The van der Waals surface area contributed by atoms with Gasteiger partial charge in [0.25, 0.3) is 10.8 Å². The summed E-state index contributed by atoms with van der Waals surface area (Å²) < 4.78 is 16.7. The van der Waals surface area contributed by atoms with E-state index < -0.39 is 10.9 Å². The summed E-state index contributed by atoms with van der Waals surface area (Å²) in [4.78, 5) is 28.4. The number of likely N-dealkylation sites (tertiary alicyclic amines) is 1. The lowest BCUT2D eigenvalue weighted by molar-refractivity contribution is -0.193. The Balaban J connectivity index is 1.55. The number of methoxy groups -OCH3 is 2. The van der Waals surface area contributed by atoms with Crippen molar-refractivity contribution < 1.29 is 23.8 Å². The third-order valence-electron chi connectivity index (χ3n) is 7.54. The Morgan fingerprint density at radius 2 is 1.26 bits per heavy atom. The van der Waals surface area contributed by atoms with Crippen LogP contribution in [0.2, 0.25) is 0 Å². The molecular formula is C35H35NO5S. The molecule has 4 aromatic rings. The smallest absolute Gasteiger partial charge is 0.304 e. The number of nitrogens with zero attached hydrogens (tertiary/aromatic N) is 1. The van der Waals surface area contributed by atoms with Crippen LogP contribution in [-0.2, 0) is 33.6 Å². The topological polar surface area (TPSA) is 65.1 Å². The van der Waals surface area contributed by atoms with Crippen molar-refractivity contribution in [2.24, 2.45) is 0 Å². The number of esters is 1. The van der Waals surface area contributed by atoms with Crippen molar-refractivity contribution >= 4 is 23.6 Å². The molecule has 0 N–H and O–H groups in total. The van der Waals surface area contributed by atoms with Gasteiger partial charge in [0.15, 0.2) is 0 Å². The number of carbonyl (C=O) groups is 2. The number of ether oxygens (including phenoxy) is 3. The van der Waals surface area contributed by atoms with E-state index in [4.69, 9.17) is 14.2 Å². The van der Waals surface area contributed by atoms with Gasteiger partial charge in [-0.3, -0.25) is 9.59 Å². The Morgan fingerprint density at radius 1 is 0.762 bits per heavy atom. The lowest BCUT2D eigenvalue weighted by atomic mass is 9.85. The minimum Gasteiger partial charge on any atom is -0.497 e. The molecule has 0 radical (unpaired) electrons. The second kappa shape index (κ2) is 13.2. The van der Waals surface area contributed by atoms with Gasteiger partial charge in [0.2, 0.25) is 0 Å². The molecule has 0 aromatic heterocycles. The van der Waals surface area contributed by atoms with Crippen molar-refractivity contribution in [2.75, 3.05) is 14.2 Å². The van der Waals surface area contributed by atoms with Crippen molar-refractivity contribution in [3.05, 3.63) is 126 Å². The van der Waals surface area contributed by atoms with Gasteiger partial charge in [0, 0.05) is 17.9 Å². The second-order valence-electron chi connectivity index (χ2n) is 10.4. The van der Waals surface area contributed by atoms with E-state index in [0.717, 1.165) is 33.1 Å². The highest BCUT2D eigenvalue weighted by atomic mass is 32.2. The van der Waals surface area contributed by atoms with Gasteiger partial charge in [0.05, 0.1) is 20.3 Å². The summed E-state index contributed by atoms with van der Waals surface area (Å²) in [5.41, 5.74) is 3.24. The molecule has 1 heterocycles. The van der Waals surface area contributed by atoms with Crippen molar-refractivity contribution in [1.29, 1.82) is 0 Å². The zero-order chi connectivity index (χ0) is 29.5. The molecule has 0 spiro atoms. The van der Waals surface area contributed by atoms with Crippen LogP contribution in [0.1, 0.15) is 23.6 Å². The van der Waals surface area contributed by atoms with E-state index in [1.54, 1.807) is 14.2 Å². The van der Waals surface area contributed by atoms with E-state index in [1.165, 1.54) is 18.7 Å². The molecule has 1 aliphatic rings. The van der Waals surface area contributed by atoms with Crippen LogP contribution in [0.25, 0.3) is 0 Å². The highest BCUT2D eigenvalue weighted by Crippen LogP contribution is 2.50. The summed E-state index contributed by atoms with van der Waals surface area (Å²) in [7, 11) is 3.29. The van der Waals surface area contributed by atoms with Crippen LogP contribution in [0, 0.1) is 0 Å². The van der Waals surface area contributed by atoms with Crippen molar-refractivity contribution in [3.63, 3.8) is 0 Å². The fourth-order valence-corrected chi connectivity index (χ4v) is 6.86. The van der Waals surface area contributed by atoms with E-state index >= 15 is 0 Å². The lowest BCUT2D eigenvalue weighted by Gasteiger charge is -2.57. The Morgan fingerprint density at radius 3 is 1.74 bits per heavy atom. The maximum absolute atomic E-state index is 14.4. The lowest BCUT2D eigenvalue weighted by Crippen LogP contribution is -2.76. The summed E-state index contributed by atoms with van der Waals surface area (Å²) in [5, 5.41) is 0. The number of amides is 1. The Hall–Kier alpha value is -4.23. The molecule has 6 nitrogen and oxygen atoms in total. The van der Waals surface area contributed by atoms with Gasteiger partial charge >= 0.3 is 5.97 Å². The summed E-state index contributed by atoms with van der Waals surface area (Å²) in [6, 6.07) is 35.0. The number of hydrogen-bond acceptors (Lipinski definition) is 6. The number of thioether (sulfide) groups is 1. The average molecular weight is 582 g/mol. The standard InChI is InChI=1S/C35H35NO5S/c1-25(37)41-35(42-32-12-8-5-9-13-32)33(24-26-10-6-4-7-11-26)36(34(35)38)29(22-27-14-18-30(39-2)19-15-27)23-28-16-20-31(40-3)21-17-28/h4-21,29,33H,22-24H2,1-3H3. The van der Waals surface area contributed by atoms with E-state index in [1.807, 2.05) is 102 Å². The van der Waals surface area contributed by atoms with E-state index in [2.05, 4.69) is 12.1 Å². The minimum absolute atomic E-state index is 0.187. The van der Waals surface area contributed by atoms with Gasteiger partial charge in [-0.1, -0.05) is 84.6 Å². The number of benzene rings is 4. The second-order valence-corrected chi connectivity index (χ2v) is 11.6. The zero-order valence-corrected chi connectivity index (χ0v) is 24.9. The van der Waals surface area contributed by atoms with E-state index in [-0.39, 0.29) is 18.0 Å². The molecule has 2 unspecified atom stereocenters. The van der Waals surface area contributed by atoms with Crippen LogP contribution < -0.4 is 9.47 Å². The summed E-state index contributed by atoms with van der Waals surface area (Å²) in [6.45, 7) is 1.37. The number of carbonyl (C=O) groups excluding carboxylic acids is 2. The molecule has 1 aliphatic heterocycles. The predicted octanol–water partition coefficient (Wildman–Crippen LogP) is 6.36. The molecule has 42 heavy (non-hydrogen) atoms. The molecule has 1 amide bonds. The molecule has 1 fully saturated rings. The van der Waals surface area contributed by atoms with Gasteiger partial charge in [-0.25, -0.2) is 0 Å². The van der Waals surface area contributed by atoms with E-state index in [9.17, 15) is 9.59 Å². The first-order valence-corrected chi connectivity index (χ1v) is 14.8. The van der Waals surface area contributed by atoms with E-state index in [0.29, 0.717) is 19.3 Å². The van der Waals surface area contributed by atoms with Crippen LogP contribution in [0.4, 0.5) is 0 Å². The molecule has 7 heteroatoms. The largest absolute Gasteiger partial charge is 0.497 e. The van der Waals surface area contributed by atoms with Crippen LogP contribution in [0.3, 0.4) is 0 Å². The Kier molecular flexibility index (Phi) is 9.18. The van der Waals surface area contributed by atoms with Gasteiger partial charge in [-0.15, -0.1) is 0 Å². The van der Waals surface area contributed by atoms with Crippen LogP contribution in [-0.4, -0.2) is 48.0 Å². The fourth-order valence-electron chi connectivity index (χ4n) is 5.53. The van der Waals surface area contributed by atoms with Crippen LogP contribution in [0.5, 0.6) is 11.5 Å². The Labute approximate surface area is 251 Å². The molecule has 1 saturated heterocycles. The van der Waals surface area contributed by atoms with Gasteiger partial charge in [-0.2, -0.15) is 0 Å². The SMILES string of the molecule is COc1ccc(CC(Cc2ccc(OC)cc2)N2C(=O)C(OC(C)=O)(Sc3ccccc3)C2Cc2ccccc2)cc1. The molecule has 216 valence electrons. The fraction of sp³-hybridized carbons (Fsp3) is 0.257. The normalized spacial score (nSPS) is 18.0. The molecule has 2 atom stereocenters. The first kappa shape index (κ1) is 29.3. The van der Waals surface area contributed by atoms with Crippen LogP contribution in [0.15, 0.2) is 114 Å². The zero-order valence-electron chi connectivity index (χ0n) is 24.1. The van der Waals surface area contributed by atoms with Crippen LogP contribution >= 0.6 is 11.8 Å². The predicted molar refractivity (Wildman–Crippen MR) is 165 cm³/mol. The van der Waals surface area contributed by atoms with Crippen molar-refractivity contribution in [1.82, 2.24) is 4.90 Å². The molecule has 5 rings (SSSR count). The Bertz CT molecular complexity index is 1430. The number of hydrogen-bond donors (Lipinski definition) is 0. The monoisotopic (exact) mass is 581 g/mol. The first-order chi connectivity index (χ1) is 20.4. The highest BCUT2D eigenvalue weighted by molar-refractivity contribution is 8.01. The third kappa shape index (κ3) is 6.47. The van der Waals surface area contributed by atoms with Gasteiger partial charge in [0.1, 0.15) is 11.5 Å². The van der Waals surface area contributed by atoms with Crippen molar-refractivity contribution in [2.45, 2.75) is 48.1 Å². The molecule has 0 bridgehead atoms. The summed E-state index contributed by atoms with van der Waals surface area (Å²) in [5.74, 6) is 0.881. The molecule has 4 aromatic carbocycles. The number of β-lactam (4-membered cyclic amide) rings is 1. The maximum atomic E-state index is 14.4.